The Morgan fingerprint density at radius 2 is 2.08 bits per heavy atom. The molecular formula is C18H18ClN3O2. The quantitative estimate of drug-likeness (QED) is 0.927. The summed E-state index contributed by atoms with van der Waals surface area (Å²) in [5.74, 6) is 1.62. The van der Waals surface area contributed by atoms with Gasteiger partial charge >= 0.3 is 0 Å². The van der Waals surface area contributed by atoms with Gasteiger partial charge in [0.15, 0.2) is 0 Å². The highest BCUT2D eigenvalue weighted by Crippen LogP contribution is 2.28. The second kappa shape index (κ2) is 6.42. The highest BCUT2D eigenvalue weighted by Gasteiger charge is 2.38. The molecule has 2 aliphatic heterocycles. The van der Waals surface area contributed by atoms with E-state index in [0.29, 0.717) is 28.1 Å². The molecule has 4 rings (SSSR count). The van der Waals surface area contributed by atoms with Crippen molar-refractivity contribution >= 4 is 17.5 Å². The summed E-state index contributed by atoms with van der Waals surface area (Å²) in [4.78, 5) is 18.9. The molecule has 1 aromatic carbocycles. The number of rotatable bonds is 4. The molecule has 2 aliphatic rings. The van der Waals surface area contributed by atoms with Gasteiger partial charge in [0.25, 0.3) is 5.91 Å². The zero-order valence-electron chi connectivity index (χ0n) is 13.1. The van der Waals surface area contributed by atoms with E-state index < -0.39 is 0 Å². The number of hydrogen-bond acceptors (Lipinski definition) is 4. The van der Waals surface area contributed by atoms with Gasteiger partial charge in [-0.05, 0) is 49.2 Å². The minimum Gasteiger partial charge on any atom is -0.439 e. The maximum absolute atomic E-state index is 12.4. The summed E-state index contributed by atoms with van der Waals surface area (Å²) in [6, 6.07) is 10.7. The highest BCUT2D eigenvalue weighted by molar-refractivity contribution is 6.30. The zero-order valence-corrected chi connectivity index (χ0v) is 13.9. The van der Waals surface area contributed by atoms with Crippen molar-refractivity contribution < 1.29 is 9.53 Å². The van der Waals surface area contributed by atoms with Gasteiger partial charge in [-0.2, -0.15) is 0 Å². The van der Waals surface area contributed by atoms with Crippen molar-refractivity contribution in [3.8, 4) is 11.6 Å². The van der Waals surface area contributed by atoms with Crippen LogP contribution in [0.15, 0.2) is 42.6 Å². The summed E-state index contributed by atoms with van der Waals surface area (Å²) in [5, 5.41) is 3.72. The van der Waals surface area contributed by atoms with Crippen molar-refractivity contribution in [1.29, 1.82) is 0 Å². The fraction of sp³-hybridized carbons (Fsp3) is 0.333. The third kappa shape index (κ3) is 3.23. The maximum atomic E-state index is 12.4. The number of fused-ring (bicyclic) bond motifs is 2. The SMILES string of the molecule is O=C(NC1CN2CCC1C2)c1ccc(Oc2cc(Cl)ccn2)cc1. The van der Waals surface area contributed by atoms with E-state index in [4.69, 9.17) is 16.3 Å². The predicted molar refractivity (Wildman–Crippen MR) is 91.6 cm³/mol. The number of piperidine rings is 1. The average Bonchev–Trinajstić information content (AvgIpc) is 3.18. The summed E-state index contributed by atoms with van der Waals surface area (Å²) >= 11 is 5.91. The summed E-state index contributed by atoms with van der Waals surface area (Å²) in [6.07, 6.45) is 2.77. The second-order valence-electron chi connectivity index (χ2n) is 6.33. The molecule has 1 amide bonds. The normalized spacial score (nSPS) is 24.8. The Hall–Kier alpha value is -2.11. The van der Waals surface area contributed by atoms with Gasteiger partial charge in [0.1, 0.15) is 5.75 Å². The van der Waals surface area contributed by atoms with Crippen LogP contribution >= 0.6 is 11.6 Å². The lowest BCUT2D eigenvalue weighted by molar-refractivity contribution is 0.0924. The fourth-order valence-electron chi connectivity index (χ4n) is 3.44. The number of carbonyl (C=O) groups excluding carboxylic acids is 1. The minimum absolute atomic E-state index is 0.0267. The zero-order chi connectivity index (χ0) is 16.5. The van der Waals surface area contributed by atoms with Crippen LogP contribution in [0.2, 0.25) is 5.02 Å². The molecule has 1 N–H and O–H groups in total. The van der Waals surface area contributed by atoms with E-state index >= 15 is 0 Å². The number of nitrogens with zero attached hydrogens (tertiary/aromatic N) is 2. The smallest absolute Gasteiger partial charge is 0.251 e. The number of aromatic nitrogens is 1. The van der Waals surface area contributed by atoms with Crippen LogP contribution in [0.5, 0.6) is 11.6 Å². The van der Waals surface area contributed by atoms with E-state index in [0.717, 1.165) is 13.1 Å². The van der Waals surface area contributed by atoms with Crippen LogP contribution in [-0.4, -0.2) is 41.5 Å². The van der Waals surface area contributed by atoms with Gasteiger partial charge in [0, 0.05) is 42.0 Å². The standard InChI is InChI=1S/C18H18ClN3O2/c19-14-5-7-20-17(9-14)24-15-3-1-12(2-4-15)18(23)21-16-11-22-8-6-13(16)10-22/h1-5,7,9,13,16H,6,8,10-11H2,(H,21,23). The number of halogens is 1. The van der Waals surface area contributed by atoms with E-state index in [2.05, 4.69) is 15.2 Å². The van der Waals surface area contributed by atoms with Gasteiger partial charge < -0.3 is 15.0 Å². The molecular weight excluding hydrogens is 326 g/mol. The predicted octanol–water partition coefficient (Wildman–Crippen LogP) is 2.96. The van der Waals surface area contributed by atoms with Crippen molar-refractivity contribution in [3.63, 3.8) is 0 Å². The number of nitrogens with one attached hydrogen (secondary N) is 1. The molecule has 1 aromatic heterocycles. The number of carbonyl (C=O) groups is 1. The number of ether oxygens (including phenoxy) is 1. The van der Waals surface area contributed by atoms with Crippen molar-refractivity contribution in [2.45, 2.75) is 12.5 Å². The lowest BCUT2D eigenvalue weighted by atomic mass is 9.99. The van der Waals surface area contributed by atoms with Crippen molar-refractivity contribution in [1.82, 2.24) is 15.2 Å². The molecule has 2 fully saturated rings. The Labute approximate surface area is 145 Å². The summed E-state index contributed by atoms with van der Waals surface area (Å²) in [5.41, 5.74) is 0.638. The van der Waals surface area contributed by atoms with Gasteiger partial charge in [0.05, 0.1) is 0 Å². The maximum Gasteiger partial charge on any atom is 0.251 e. The Balaban J connectivity index is 1.39. The molecule has 3 unspecified atom stereocenters. The minimum atomic E-state index is -0.0267. The Bertz CT molecular complexity index is 750. The van der Waals surface area contributed by atoms with E-state index in [1.54, 1.807) is 42.6 Å². The molecule has 3 atom stereocenters. The summed E-state index contributed by atoms with van der Waals surface area (Å²) in [6.45, 7) is 3.25. The van der Waals surface area contributed by atoms with Crippen LogP contribution in [0.1, 0.15) is 16.8 Å². The molecule has 6 heteroatoms. The van der Waals surface area contributed by atoms with Gasteiger partial charge in [-0.15, -0.1) is 0 Å². The molecule has 3 heterocycles. The first kappa shape index (κ1) is 15.4. The molecule has 2 aromatic rings. The van der Waals surface area contributed by atoms with Crippen LogP contribution in [0.4, 0.5) is 0 Å². The molecule has 2 bridgehead atoms. The van der Waals surface area contributed by atoms with Gasteiger partial charge in [-0.1, -0.05) is 11.6 Å². The molecule has 24 heavy (non-hydrogen) atoms. The third-order valence-electron chi connectivity index (χ3n) is 4.69. The van der Waals surface area contributed by atoms with Gasteiger partial charge in [-0.25, -0.2) is 4.98 Å². The summed E-state index contributed by atoms with van der Waals surface area (Å²) in [7, 11) is 0. The van der Waals surface area contributed by atoms with E-state index in [1.165, 1.54) is 13.0 Å². The Morgan fingerprint density at radius 3 is 2.75 bits per heavy atom. The third-order valence-corrected chi connectivity index (χ3v) is 4.92. The Morgan fingerprint density at radius 1 is 1.25 bits per heavy atom. The van der Waals surface area contributed by atoms with Gasteiger partial charge in [0.2, 0.25) is 5.88 Å². The molecule has 124 valence electrons. The first-order valence-corrected chi connectivity index (χ1v) is 8.48. The topological polar surface area (TPSA) is 54.5 Å². The van der Waals surface area contributed by atoms with Crippen LogP contribution < -0.4 is 10.1 Å². The van der Waals surface area contributed by atoms with Crippen molar-refractivity contribution in [2.24, 2.45) is 5.92 Å². The fourth-order valence-corrected chi connectivity index (χ4v) is 3.59. The van der Waals surface area contributed by atoms with E-state index in [-0.39, 0.29) is 11.9 Å². The average molecular weight is 344 g/mol. The van der Waals surface area contributed by atoms with E-state index in [1.807, 2.05) is 0 Å². The van der Waals surface area contributed by atoms with E-state index in [9.17, 15) is 4.79 Å². The largest absolute Gasteiger partial charge is 0.439 e. The molecule has 5 nitrogen and oxygen atoms in total. The highest BCUT2D eigenvalue weighted by atomic mass is 35.5. The van der Waals surface area contributed by atoms with Crippen LogP contribution in [-0.2, 0) is 0 Å². The molecule has 0 saturated carbocycles. The van der Waals surface area contributed by atoms with Crippen LogP contribution in [0.3, 0.4) is 0 Å². The number of amides is 1. The van der Waals surface area contributed by atoms with Crippen molar-refractivity contribution in [2.75, 3.05) is 19.6 Å². The molecule has 2 saturated heterocycles. The lowest BCUT2D eigenvalue weighted by Crippen LogP contribution is -2.43. The lowest BCUT2D eigenvalue weighted by Gasteiger charge is -2.23. The Kier molecular flexibility index (Phi) is 4.12. The molecule has 0 spiro atoms. The molecule has 0 radical (unpaired) electrons. The summed E-state index contributed by atoms with van der Waals surface area (Å²) < 4.78 is 5.63. The van der Waals surface area contributed by atoms with Crippen molar-refractivity contribution in [3.05, 3.63) is 53.2 Å². The second-order valence-corrected chi connectivity index (χ2v) is 6.76. The van der Waals surface area contributed by atoms with Crippen LogP contribution in [0.25, 0.3) is 0 Å². The number of pyridine rings is 1. The molecule has 0 aliphatic carbocycles. The first-order chi connectivity index (χ1) is 11.7. The first-order valence-electron chi connectivity index (χ1n) is 8.10. The number of benzene rings is 1. The van der Waals surface area contributed by atoms with Gasteiger partial charge in [-0.3, -0.25) is 4.79 Å². The number of hydrogen-bond donors (Lipinski definition) is 1. The van der Waals surface area contributed by atoms with Crippen LogP contribution in [0, 0.1) is 5.92 Å². The monoisotopic (exact) mass is 343 g/mol.